The molecule has 0 aromatic heterocycles. The van der Waals surface area contributed by atoms with Crippen LogP contribution in [-0.4, -0.2) is 7.11 Å². The molecule has 0 spiro atoms. The van der Waals surface area contributed by atoms with E-state index in [1.165, 1.54) is 0 Å². The molecule has 0 fully saturated rings. The molecule has 0 saturated heterocycles. The molecule has 2 aromatic rings. The minimum Gasteiger partial charge on any atom is -0.494 e. The summed E-state index contributed by atoms with van der Waals surface area (Å²) in [7, 11) is 1.56. The largest absolute Gasteiger partial charge is 0.494 e. The molecule has 0 amide bonds. The maximum atomic E-state index is 5.86. The fourth-order valence-electron chi connectivity index (χ4n) is 1.43. The number of azo groups is 1. The standard InChI is InChI=1S/C13H12ClN3O/c1-18-13-8-10(15)5-6-12(13)17-16-11-4-2-3-9(14)7-11/h2-8H,15H2,1H3/b17-16+. The Balaban J connectivity index is 2.28. The van der Waals surface area contributed by atoms with Crippen molar-refractivity contribution in [3.05, 3.63) is 47.5 Å². The predicted molar refractivity (Wildman–Crippen MR) is 73.0 cm³/mol. The van der Waals surface area contributed by atoms with Crippen molar-refractivity contribution in [1.29, 1.82) is 0 Å². The molecule has 2 aromatic carbocycles. The van der Waals surface area contributed by atoms with Gasteiger partial charge in [-0.1, -0.05) is 17.7 Å². The first-order chi connectivity index (χ1) is 8.69. The van der Waals surface area contributed by atoms with Gasteiger partial charge in [0.15, 0.2) is 0 Å². The van der Waals surface area contributed by atoms with Crippen molar-refractivity contribution in [2.75, 3.05) is 12.8 Å². The topological polar surface area (TPSA) is 60.0 Å². The van der Waals surface area contributed by atoms with Crippen molar-refractivity contribution >= 4 is 28.7 Å². The molecule has 0 aliphatic carbocycles. The molecule has 4 nitrogen and oxygen atoms in total. The summed E-state index contributed by atoms with van der Waals surface area (Å²) in [4.78, 5) is 0. The van der Waals surface area contributed by atoms with Crippen LogP contribution in [0.2, 0.25) is 5.02 Å². The lowest BCUT2D eigenvalue weighted by atomic mass is 10.2. The monoisotopic (exact) mass is 261 g/mol. The number of halogens is 1. The molecular formula is C13H12ClN3O. The van der Waals surface area contributed by atoms with Gasteiger partial charge in [-0.3, -0.25) is 0 Å². The average Bonchev–Trinajstić information content (AvgIpc) is 2.37. The number of hydrogen-bond acceptors (Lipinski definition) is 4. The van der Waals surface area contributed by atoms with Crippen LogP contribution >= 0.6 is 11.6 Å². The van der Waals surface area contributed by atoms with Gasteiger partial charge < -0.3 is 10.5 Å². The number of hydrogen-bond donors (Lipinski definition) is 1. The summed E-state index contributed by atoms with van der Waals surface area (Å²) in [5.74, 6) is 0.584. The number of rotatable bonds is 3. The summed E-state index contributed by atoms with van der Waals surface area (Å²) < 4.78 is 5.18. The molecule has 2 N–H and O–H groups in total. The van der Waals surface area contributed by atoms with Crippen molar-refractivity contribution in [3.63, 3.8) is 0 Å². The van der Waals surface area contributed by atoms with Crippen LogP contribution < -0.4 is 10.5 Å². The zero-order chi connectivity index (χ0) is 13.0. The molecule has 0 bridgehead atoms. The minimum absolute atomic E-state index is 0.584. The van der Waals surface area contributed by atoms with E-state index in [2.05, 4.69) is 10.2 Å². The van der Waals surface area contributed by atoms with Crippen molar-refractivity contribution in [2.45, 2.75) is 0 Å². The van der Waals surface area contributed by atoms with E-state index < -0.39 is 0 Å². The highest BCUT2D eigenvalue weighted by atomic mass is 35.5. The summed E-state index contributed by atoms with van der Waals surface area (Å²) in [5.41, 5.74) is 7.58. The molecule has 2 rings (SSSR count). The van der Waals surface area contributed by atoms with Crippen molar-refractivity contribution in [2.24, 2.45) is 10.2 Å². The lowest BCUT2D eigenvalue weighted by Crippen LogP contribution is -1.87. The highest BCUT2D eigenvalue weighted by Gasteiger charge is 2.02. The Morgan fingerprint density at radius 2 is 1.94 bits per heavy atom. The predicted octanol–water partition coefficient (Wildman–Crippen LogP) is 4.35. The van der Waals surface area contributed by atoms with Gasteiger partial charge in [-0.2, -0.15) is 5.11 Å². The molecule has 5 heteroatoms. The zero-order valence-corrected chi connectivity index (χ0v) is 10.6. The maximum Gasteiger partial charge on any atom is 0.148 e. The van der Waals surface area contributed by atoms with Crippen LogP contribution in [0.1, 0.15) is 0 Å². The summed E-state index contributed by atoms with van der Waals surface area (Å²) in [6.07, 6.45) is 0. The van der Waals surface area contributed by atoms with Crippen LogP contribution in [-0.2, 0) is 0 Å². The van der Waals surface area contributed by atoms with Gasteiger partial charge in [0.2, 0.25) is 0 Å². The normalized spacial score (nSPS) is 10.8. The quantitative estimate of drug-likeness (QED) is 0.660. The van der Waals surface area contributed by atoms with Crippen molar-refractivity contribution in [3.8, 4) is 5.75 Å². The highest BCUT2D eigenvalue weighted by Crippen LogP contribution is 2.31. The van der Waals surface area contributed by atoms with E-state index in [0.717, 1.165) is 0 Å². The van der Waals surface area contributed by atoms with Crippen LogP contribution in [0.3, 0.4) is 0 Å². The van der Waals surface area contributed by atoms with Gasteiger partial charge in [0.1, 0.15) is 11.4 Å². The highest BCUT2D eigenvalue weighted by molar-refractivity contribution is 6.30. The first-order valence-corrected chi connectivity index (χ1v) is 5.67. The van der Waals surface area contributed by atoms with E-state index in [4.69, 9.17) is 22.1 Å². The van der Waals surface area contributed by atoms with Crippen LogP contribution in [0.25, 0.3) is 0 Å². The van der Waals surface area contributed by atoms with Crippen LogP contribution in [0.15, 0.2) is 52.7 Å². The van der Waals surface area contributed by atoms with Gasteiger partial charge in [-0.25, -0.2) is 0 Å². The summed E-state index contributed by atoms with van der Waals surface area (Å²) in [6, 6.07) is 12.3. The van der Waals surface area contributed by atoms with Gasteiger partial charge >= 0.3 is 0 Å². The van der Waals surface area contributed by atoms with Gasteiger partial charge in [0.25, 0.3) is 0 Å². The fourth-order valence-corrected chi connectivity index (χ4v) is 1.61. The summed E-state index contributed by atoms with van der Waals surface area (Å²) >= 11 is 5.86. The number of methoxy groups -OCH3 is 1. The molecule has 0 saturated carbocycles. The Labute approximate surface area is 110 Å². The van der Waals surface area contributed by atoms with Crippen LogP contribution in [0, 0.1) is 0 Å². The van der Waals surface area contributed by atoms with Gasteiger partial charge in [-0.05, 0) is 30.3 Å². The molecule has 0 heterocycles. The summed E-state index contributed by atoms with van der Waals surface area (Å²) in [6.45, 7) is 0. The Morgan fingerprint density at radius 1 is 1.11 bits per heavy atom. The first kappa shape index (κ1) is 12.4. The second-order valence-corrected chi connectivity index (χ2v) is 4.05. The van der Waals surface area contributed by atoms with Crippen molar-refractivity contribution in [1.82, 2.24) is 0 Å². The first-order valence-electron chi connectivity index (χ1n) is 5.30. The molecule has 0 aliphatic heterocycles. The molecule has 18 heavy (non-hydrogen) atoms. The summed E-state index contributed by atoms with van der Waals surface area (Å²) in [5, 5.41) is 8.83. The van der Waals surface area contributed by atoms with Gasteiger partial charge in [-0.15, -0.1) is 5.11 Å². The van der Waals surface area contributed by atoms with Gasteiger partial charge in [0, 0.05) is 16.8 Å². The maximum absolute atomic E-state index is 5.86. The third-order valence-corrected chi connectivity index (χ3v) is 2.52. The number of ether oxygens (including phenoxy) is 1. The minimum atomic E-state index is 0.584. The number of nitrogen functional groups attached to an aromatic ring is 1. The average molecular weight is 262 g/mol. The Morgan fingerprint density at radius 3 is 2.67 bits per heavy atom. The molecule has 0 unspecified atom stereocenters. The van der Waals surface area contributed by atoms with E-state index in [-0.39, 0.29) is 0 Å². The lowest BCUT2D eigenvalue weighted by molar-refractivity contribution is 0.416. The Kier molecular flexibility index (Phi) is 3.79. The van der Waals surface area contributed by atoms with E-state index in [0.29, 0.717) is 27.8 Å². The van der Waals surface area contributed by atoms with Gasteiger partial charge in [0.05, 0.1) is 12.8 Å². The number of nitrogens with two attached hydrogens (primary N) is 1. The molecule has 0 atom stereocenters. The second-order valence-electron chi connectivity index (χ2n) is 3.61. The smallest absolute Gasteiger partial charge is 0.148 e. The van der Waals surface area contributed by atoms with E-state index in [1.807, 2.05) is 12.1 Å². The van der Waals surface area contributed by atoms with E-state index >= 15 is 0 Å². The van der Waals surface area contributed by atoms with Crippen molar-refractivity contribution < 1.29 is 4.74 Å². The second kappa shape index (κ2) is 5.51. The molecular weight excluding hydrogens is 250 g/mol. The van der Waals surface area contributed by atoms with E-state index in [9.17, 15) is 0 Å². The molecule has 0 aliphatic rings. The third kappa shape index (κ3) is 2.99. The van der Waals surface area contributed by atoms with E-state index in [1.54, 1.807) is 37.4 Å². The number of nitrogens with zero attached hydrogens (tertiary/aromatic N) is 2. The van der Waals surface area contributed by atoms with Crippen LogP contribution in [0.4, 0.5) is 17.1 Å². The molecule has 92 valence electrons. The number of benzene rings is 2. The fraction of sp³-hybridized carbons (Fsp3) is 0.0769. The molecule has 0 radical (unpaired) electrons. The Bertz CT molecular complexity index is 584. The zero-order valence-electron chi connectivity index (χ0n) is 9.80. The van der Waals surface area contributed by atoms with Crippen LogP contribution in [0.5, 0.6) is 5.75 Å². The number of anilines is 1. The lowest BCUT2D eigenvalue weighted by Gasteiger charge is -2.03. The SMILES string of the molecule is COc1cc(N)ccc1/N=N/c1cccc(Cl)c1. The Hall–Kier alpha value is -2.07. The third-order valence-electron chi connectivity index (χ3n) is 2.29.